The van der Waals surface area contributed by atoms with Crippen LogP contribution in [0.15, 0.2) is 48.5 Å². The minimum Gasteiger partial charge on any atom is -0.494 e. The number of hydrogen-bond donors (Lipinski definition) is 1. The highest BCUT2D eigenvalue weighted by Crippen LogP contribution is 2.44. The number of aryl methyl sites for hydroxylation is 1. The topological polar surface area (TPSA) is 53.1 Å². The summed E-state index contributed by atoms with van der Waals surface area (Å²) in [6.07, 6.45) is -4.71. The van der Waals surface area contributed by atoms with E-state index in [9.17, 15) is 13.2 Å². The van der Waals surface area contributed by atoms with Crippen molar-refractivity contribution in [2.45, 2.75) is 58.0 Å². The maximum Gasteiger partial charge on any atom is 0.421 e. The molecule has 1 aliphatic heterocycles. The average Bonchev–Trinajstić information content (AvgIpc) is 3.35. The zero-order chi connectivity index (χ0) is 31.8. The number of nitrogens with zero attached hydrogens (tertiary/aromatic N) is 4. The van der Waals surface area contributed by atoms with E-state index in [-0.39, 0.29) is 17.4 Å². The average molecular weight is 648 g/mol. The van der Waals surface area contributed by atoms with Crippen molar-refractivity contribution in [3.05, 3.63) is 70.8 Å². The van der Waals surface area contributed by atoms with Crippen molar-refractivity contribution in [2.75, 3.05) is 50.6 Å². The molecule has 238 valence electrons. The summed E-state index contributed by atoms with van der Waals surface area (Å²) in [4.78, 5) is 9.24. The van der Waals surface area contributed by atoms with Gasteiger partial charge in [0.05, 0.1) is 18.8 Å². The summed E-state index contributed by atoms with van der Waals surface area (Å²) in [7, 11) is 6.08. The Kier molecular flexibility index (Phi) is 9.61. The Morgan fingerprint density at radius 1 is 1.05 bits per heavy atom. The number of rotatable bonds is 8. The van der Waals surface area contributed by atoms with Crippen molar-refractivity contribution in [3.8, 4) is 11.6 Å². The molecule has 12 heteroatoms. The highest BCUT2D eigenvalue weighted by molar-refractivity contribution is 8.42. The Morgan fingerprint density at radius 3 is 2.39 bits per heavy atom. The van der Waals surface area contributed by atoms with E-state index in [0.29, 0.717) is 23.4 Å². The molecule has 1 unspecified atom stereocenters. The Hall–Kier alpha value is -2.72. The van der Waals surface area contributed by atoms with Crippen LogP contribution >= 0.6 is 20.0 Å². The number of ether oxygens (including phenoxy) is 2. The molecule has 44 heavy (non-hydrogen) atoms. The molecule has 5 rings (SSSR count). The lowest BCUT2D eigenvalue weighted by atomic mass is 10.0. The highest BCUT2D eigenvalue weighted by Gasteiger charge is 2.41. The summed E-state index contributed by atoms with van der Waals surface area (Å²) in [5.41, 5.74) is 3.31. The van der Waals surface area contributed by atoms with E-state index in [1.165, 1.54) is 11.6 Å². The third-order valence-electron chi connectivity index (χ3n) is 8.48. The Balaban J connectivity index is 1.42. The predicted octanol–water partition coefficient (Wildman–Crippen LogP) is 7.50. The molecule has 1 saturated heterocycles. The van der Waals surface area contributed by atoms with E-state index in [0.717, 1.165) is 49.1 Å². The Morgan fingerprint density at radius 2 is 1.75 bits per heavy atom. The number of nitrogens with one attached hydrogen (secondary N) is 1. The lowest BCUT2D eigenvalue weighted by molar-refractivity contribution is -0.139. The number of hydrogen-bond acceptors (Lipinski definition) is 8. The second kappa shape index (κ2) is 12.9. The molecular weight excluding hydrogens is 606 g/mol. The molecule has 0 bridgehead atoms. The predicted molar refractivity (Wildman–Crippen MR) is 176 cm³/mol. The lowest BCUT2D eigenvalue weighted by Crippen LogP contribution is -2.53. The van der Waals surface area contributed by atoms with Gasteiger partial charge in [-0.3, -0.25) is 4.90 Å². The Bertz CT molecular complexity index is 1480. The number of benzene rings is 2. The number of alkyl halides is 3. The van der Waals surface area contributed by atoms with E-state index >= 15 is 0 Å². The molecule has 7 nitrogen and oxygen atoms in total. The van der Waals surface area contributed by atoms with E-state index in [1.807, 2.05) is 53.8 Å². The van der Waals surface area contributed by atoms with Gasteiger partial charge in [0.2, 0.25) is 5.88 Å². The molecule has 1 aliphatic carbocycles. The molecule has 1 N–H and O–H groups in total. The van der Waals surface area contributed by atoms with Gasteiger partial charge in [-0.25, -0.2) is 4.31 Å². The largest absolute Gasteiger partial charge is 0.494 e. The molecule has 2 heterocycles. The summed E-state index contributed by atoms with van der Waals surface area (Å²) in [6, 6.07) is 14.6. The SMILES string of the molecule is COc1cc(N2CCN(C(C)(C)C)CC2)ccc1Nc1nc(O[C@@H]2Cc3ccccc3[C@H]2N(C)SP)c(C(F)(F)F)cc1C. The minimum absolute atomic E-state index is 0.124. The first kappa shape index (κ1) is 32.7. The van der Waals surface area contributed by atoms with Crippen molar-refractivity contribution in [2.24, 2.45) is 0 Å². The fourth-order valence-corrected chi connectivity index (χ4v) is 6.82. The molecule has 0 radical (unpaired) electrons. The number of methoxy groups -OCH3 is 1. The molecule has 1 aromatic heterocycles. The van der Waals surface area contributed by atoms with E-state index < -0.39 is 23.7 Å². The fourth-order valence-electron chi connectivity index (χ4n) is 6.04. The van der Waals surface area contributed by atoms with E-state index in [4.69, 9.17) is 9.47 Å². The first-order chi connectivity index (χ1) is 20.8. The number of anilines is 3. The molecule has 1 fully saturated rings. The van der Waals surface area contributed by atoms with Gasteiger partial charge < -0.3 is 19.7 Å². The maximum atomic E-state index is 14.3. The molecule has 0 spiro atoms. The molecular formula is C32H41F3N5O2PS. The van der Waals surface area contributed by atoms with Gasteiger partial charge in [-0.1, -0.05) is 44.3 Å². The summed E-state index contributed by atoms with van der Waals surface area (Å²) in [5.74, 6) is 0.413. The smallest absolute Gasteiger partial charge is 0.421 e. The van der Waals surface area contributed by atoms with Crippen LogP contribution in [0.5, 0.6) is 11.6 Å². The molecule has 3 aromatic rings. The van der Waals surface area contributed by atoms with Crippen LogP contribution in [0.2, 0.25) is 0 Å². The minimum atomic E-state index is -4.63. The summed E-state index contributed by atoms with van der Waals surface area (Å²) in [5, 5.41) is 3.23. The second-order valence-electron chi connectivity index (χ2n) is 12.3. The third kappa shape index (κ3) is 6.91. The molecule has 2 aliphatic rings. The third-order valence-corrected chi connectivity index (χ3v) is 10.0. The standard InChI is InChI=1S/C32H41F3N5O2PS/c1-20-17-24(32(33,34)35)30(42-27-18-21-9-7-8-10-23(21)28(27)38(5)44-43)37-29(20)36-25-12-11-22(19-26(25)41-6)39-13-15-40(16-14-39)31(2,3)4/h7-12,17,19,27-28H,13-16,18,43H2,1-6H3,(H,36,37)/t27-,28-/m1/s1. The van der Waals surface area contributed by atoms with E-state index in [2.05, 4.69) is 49.3 Å². The van der Waals surface area contributed by atoms with Crippen LogP contribution in [-0.4, -0.2) is 66.2 Å². The van der Waals surface area contributed by atoms with Gasteiger partial charge in [-0.05, 0) is 69.6 Å². The van der Waals surface area contributed by atoms with Crippen LogP contribution in [0.1, 0.15) is 49.1 Å². The van der Waals surface area contributed by atoms with Crippen molar-refractivity contribution in [1.82, 2.24) is 14.2 Å². The van der Waals surface area contributed by atoms with Gasteiger partial charge in [0.1, 0.15) is 23.2 Å². The fraction of sp³-hybridized carbons (Fsp3) is 0.469. The number of fused-ring (bicyclic) bond motifs is 1. The first-order valence-electron chi connectivity index (χ1n) is 14.7. The van der Waals surface area contributed by atoms with Crippen LogP contribution in [0, 0.1) is 6.92 Å². The summed E-state index contributed by atoms with van der Waals surface area (Å²) in [6.45, 7) is 12.0. The van der Waals surface area contributed by atoms with Gasteiger partial charge in [0, 0.05) is 49.9 Å². The van der Waals surface area contributed by atoms with Gasteiger partial charge >= 0.3 is 6.18 Å². The number of aromatic nitrogens is 1. The quantitative estimate of drug-likeness (QED) is 0.199. The highest BCUT2D eigenvalue weighted by atomic mass is 32.7. The zero-order valence-electron chi connectivity index (χ0n) is 26.0. The monoisotopic (exact) mass is 647 g/mol. The van der Waals surface area contributed by atoms with Gasteiger partial charge in [-0.2, -0.15) is 18.2 Å². The van der Waals surface area contributed by atoms with Crippen LogP contribution in [0.3, 0.4) is 0 Å². The second-order valence-corrected chi connectivity index (χ2v) is 13.7. The number of pyridine rings is 1. The van der Waals surface area contributed by atoms with Gasteiger partial charge in [0.25, 0.3) is 0 Å². The summed E-state index contributed by atoms with van der Waals surface area (Å²) < 4.78 is 56.8. The maximum absolute atomic E-state index is 14.3. The Labute approximate surface area is 264 Å². The normalized spacial score (nSPS) is 19.3. The lowest BCUT2D eigenvalue weighted by Gasteiger charge is -2.43. The van der Waals surface area contributed by atoms with Crippen molar-refractivity contribution >= 4 is 37.2 Å². The number of halogens is 3. The van der Waals surface area contributed by atoms with Crippen LogP contribution < -0.4 is 19.7 Å². The van der Waals surface area contributed by atoms with Crippen LogP contribution in [-0.2, 0) is 12.6 Å². The van der Waals surface area contributed by atoms with Crippen LogP contribution in [0.25, 0.3) is 0 Å². The molecule has 2 aromatic carbocycles. The number of likely N-dealkylation sites (N-methyl/N-ethyl adjacent to an activating group) is 1. The molecule has 0 saturated carbocycles. The van der Waals surface area contributed by atoms with Crippen molar-refractivity contribution < 1.29 is 22.6 Å². The van der Waals surface area contributed by atoms with Crippen molar-refractivity contribution in [3.63, 3.8) is 0 Å². The summed E-state index contributed by atoms with van der Waals surface area (Å²) >= 11 is 1.43. The number of piperazine rings is 1. The zero-order valence-corrected chi connectivity index (χ0v) is 28.0. The van der Waals surface area contributed by atoms with Crippen LogP contribution in [0.4, 0.5) is 30.4 Å². The first-order valence-corrected chi connectivity index (χ1v) is 16.9. The molecule has 3 atom stereocenters. The van der Waals surface area contributed by atoms with Crippen molar-refractivity contribution in [1.29, 1.82) is 0 Å². The van der Waals surface area contributed by atoms with Gasteiger partial charge in [0.15, 0.2) is 0 Å². The van der Waals surface area contributed by atoms with Gasteiger partial charge in [-0.15, -0.1) is 0 Å². The van der Waals surface area contributed by atoms with E-state index in [1.54, 1.807) is 14.0 Å². The molecule has 0 amide bonds.